The monoisotopic (exact) mass is 185 g/mol. The average Bonchev–Trinajstić information content (AvgIpc) is 2.50. The number of nitrogens with zero attached hydrogens (tertiary/aromatic N) is 1. The van der Waals surface area contributed by atoms with Gasteiger partial charge >= 0.3 is 5.97 Å². The summed E-state index contributed by atoms with van der Waals surface area (Å²) in [4.78, 5) is 10.9. The highest BCUT2D eigenvalue weighted by Crippen LogP contribution is 2.27. The van der Waals surface area contributed by atoms with Crippen LogP contribution in [0.2, 0.25) is 0 Å². The predicted octanol–water partition coefficient (Wildman–Crippen LogP) is 0.929. The van der Waals surface area contributed by atoms with E-state index in [9.17, 15) is 4.79 Å². The molecule has 0 spiro atoms. The minimum atomic E-state index is -1.38. The van der Waals surface area contributed by atoms with Crippen molar-refractivity contribution >= 4 is 5.97 Å². The number of hydrogen-bond donors (Lipinski definition) is 1. The van der Waals surface area contributed by atoms with E-state index in [-0.39, 0.29) is 0 Å². The molecule has 1 aromatic rings. The summed E-state index contributed by atoms with van der Waals surface area (Å²) in [6, 6.07) is 0. The zero-order valence-electron chi connectivity index (χ0n) is 7.70. The van der Waals surface area contributed by atoms with Gasteiger partial charge in [-0.3, -0.25) is 0 Å². The molecule has 72 valence electrons. The van der Waals surface area contributed by atoms with Crippen molar-refractivity contribution < 1.29 is 19.2 Å². The summed E-state index contributed by atoms with van der Waals surface area (Å²) in [5.41, 5.74) is -0.952. The number of rotatable bonds is 3. The molecule has 1 rings (SSSR count). The SMILES string of the molecule is COC(C)(C(=O)O)c1cnoc1C. The lowest BCUT2D eigenvalue weighted by molar-refractivity contribution is -0.161. The first-order valence-corrected chi connectivity index (χ1v) is 3.72. The van der Waals surface area contributed by atoms with Crippen LogP contribution in [-0.2, 0) is 15.1 Å². The highest BCUT2D eigenvalue weighted by molar-refractivity contribution is 5.79. The van der Waals surface area contributed by atoms with Crippen LogP contribution in [0.4, 0.5) is 0 Å². The van der Waals surface area contributed by atoms with Crippen molar-refractivity contribution in [2.24, 2.45) is 0 Å². The molecule has 0 aliphatic rings. The highest BCUT2D eigenvalue weighted by atomic mass is 16.5. The number of aryl methyl sites for hydroxylation is 1. The topological polar surface area (TPSA) is 72.6 Å². The minimum absolute atomic E-state index is 0.433. The van der Waals surface area contributed by atoms with Crippen molar-refractivity contribution in [3.05, 3.63) is 17.5 Å². The fourth-order valence-corrected chi connectivity index (χ4v) is 1.07. The van der Waals surface area contributed by atoms with Gasteiger partial charge in [-0.05, 0) is 13.8 Å². The van der Waals surface area contributed by atoms with Crippen LogP contribution in [0.15, 0.2) is 10.7 Å². The van der Waals surface area contributed by atoms with Crippen molar-refractivity contribution in [3.63, 3.8) is 0 Å². The van der Waals surface area contributed by atoms with Crippen molar-refractivity contribution in [2.45, 2.75) is 19.4 Å². The van der Waals surface area contributed by atoms with E-state index in [1.54, 1.807) is 6.92 Å². The highest BCUT2D eigenvalue weighted by Gasteiger charge is 2.38. The standard InChI is InChI=1S/C8H11NO4/c1-5-6(4-9-13-5)8(2,12-3)7(10)11/h4H,1-3H3,(H,10,11). The second kappa shape index (κ2) is 3.18. The summed E-state index contributed by atoms with van der Waals surface area (Å²) >= 11 is 0. The Morgan fingerprint density at radius 1 is 1.77 bits per heavy atom. The Balaban J connectivity index is 3.17. The Hall–Kier alpha value is -1.36. The molecule has 1 aromatic heterocycles. The quantitative estimate of drug-likeness (QED) is 0.758. The smallest absolute Gasteiger partial charge is 0.340 e. The molecule has 0 radical (unpaired) electrons. The number of carboxylic acids is 1. The maximum absolute atomic E-state index is 10.9. The fraction of sp³-hybridized carbons (Fsp3) is 0.500. The van der Waals surface area contributed by atoms with Crippen LogP contribution in [0.3, 0.4) is 0 Å². The van der Waals surface area contributed by atoms with Crippen molar-refractivity contribution in [1.29, 1.82) is 0 Å². The molecule has 1 heterocycles. The van der Waals surface area contributed by atoms with Gasteiger partial charge in [0, 0.05) is 7.11 Å². The van der Waals surface area contributed by atoms with Gasteiger partial charge in [0.25, 0.3) is 0 Å². The second-order valence-corrected chi connectivity index (χ2v) is 2.84. The normalized spacial score (nSPS) is 15.3. The Kier molecular flexibility index (Phi) is 2.38. The lowest BCUT2D eigenvalue weighted by atomic mass is 9.97. The third-order valence-electron chi connectivity index (χ3n) is 2.08. The van der Waals surface area contributed by atoms with E-state index >= 15 is 0 Å². The van der Waals surface area contributed by atoms with Gasteiger partial charge < -0.3 is 14.4 Å². The molecule has 1 atom stereocenters. The number of aromatic nitrogens is 1. The van der Waals surface area contributed by atoms with Crippen LogP contribution < -0.4 is 0 Å². The number of hydrogen-bond acceptors (Lipinski definition) is 4. The van der Waals surface area contributed by atoms with Gasteiger partial charge in [0.1, 0.15) is 5.76 Å². The molecule has 1 N–H and O–H groups in total. The molecule has 0 amide bonds. The molecule has 1 unspecified atom stereocenters. The number of carbonyl (C=O) groups is 1. The molecule has 0 bridgehead atoms. The molecule has 0 aromatic carbocycles. The van der Waals surface area contributed by atoms with E-state index < -0.39 is 11.6 Å². The van der Waals surface area contributed by atoms with Gasteiger partial charge in [0.05, 0.1) is 11.8 Å². The van der Waals surface area contributed by atoms with Gasteiger partial charge in [-0.25, -0.2) is 4.79 Å². The Morgan fingerprint density at radius 2 is 2.38 bits per heavy atom. The van der Waals surface area contributed by atoms with Gasteiger partial charge in [-0.2, -0.15) is 0 Å². The van der Waals surface area contributed by atoms with Crippen molar-refractivity contribution in [1.82, 2.24) is 5.16 Å². The maximum atomic E-state index is 10.9. The zero-order valence-corrected chi connectivity index (χ0v) is 7.70. The molecule has 0 saturated heterocycles. The summed E-state index contributed by atoms with van der Waals surface area (Å²) in [7, 11) is 1.33. The number of aliphatic carboxylic acids is 1. The Labute approximate surface area is 75.3 Å². The number of carboxylic acid groups (broad SMARTS) is 1. The fourth-order valence-electron chi connectivity index (χ4n) is 1.07. The summed E-state index contributed by atoms with van der Waals surface area (Å²) < 4.78 is 9.69. The molecular formula is C8H11NO4. The van der Waals surface area contributed by atoms with E-state index in [4.69, 9.17) is 14.4 Å². The van der Waals surface area contributed by atoms with E-state index in [0.717, 1.165) is 0 Å². The van der Waals surface area contributed by atoms with Crippen LogP contribution in [0, 0.1) is 6.92 Å². The lowest BCUT2D eigenvalue weighted by Gasteiger charge is -2.21. The summed E-state index contributed by atoms with van der Waals surface area (Å²) in [5.74, 6) is -0.618. The van der Waals surface area contributed by atoms with Crippen LogP contribution in [0.25, 0.3) is 0 Å². The molecule has 5 nitrogen and oxygen atoms in total. The number of methoxy groups -OCH3 is 1. The molecule has 13 heavy (non-hydrogen) atoms. The molecule has 5 heteroatoms. The van der Waals surface area contributed by atoms with E-state index in [1.165, 1.54) is 20.2 Å². The third-order valence-corrected chi connectivity index (χ3v) is 2.08. The largest absolute Gasteiger partial charge is 0.479 e. The van der Waals surface area contributed by atoms with Crippen LogP contribution >= 0.6 is 0 Å². The average molecular weight is 185 g/mol. The number of ether oxygens (including phenoxy) is 1. The Bertz CT molecular complexity index is 320. The van der Waals surface area contributed by atoms with Gasteiger partial charge in [-0.1, -0.05) is 5.16 Å². The van der Waals surface area contributed by atoms with Crippen molar-refractivity contribution in [2.75, 3.05) is 7.11 Å². The van der Waals surface area contributed by atoms with Crippen LogP contribution in [0.5, 0.6) is 0 Å². The van der Waals surface area contributed by atoms with Crippen LogP contribution in [-0.4, -0.2) is 23.3 Å². The summed E-state index contributed by atoms with van der Waals surface area (Å²) in [6.07, 6.45) is 1.35. The van der Waals surface area contributed by atoms with Gasteiger partial charge in [0.15, 0.2) is 5.60 Å². The molecule has 0 saturated carbocycles. The van der Waals surface area contributed by atoms with Crippen molar-refractivity contribution in [3.8, 4) is 0 Å². The third kappa shape index (κ3) is 1.42. The summed E-state index contributed by atoms with van der Waals surface area (Å²) in [5, 5.41) is 12.4. The van der Waals surface area contributed by atoms with E-state index in [0.29, 0.717) is 11.3 Å². The first kappa shape index (κ1) is 9.73. The molecule has 0 aliphatic carbocycles. The summed E-state index contributed by atoms with van der Waals surface area (Å²) in [6.45, 7) is 3.09. The lowest BCUT2D eigenvalue weighted by Crippen LogP contribution is -2.34. The minimum Gasteiger partial charge on any atom is -0.479 e. The first-order chi connectivity index (χ1) is 6.02. The van der Waals surface area contributed by atoms with Gasteiger partial charge in [-0.15, -0.1) is 0 Å². The van der Waals surface area contributed by atoms with E-state index in [2.05, 4.69) is 5.16 Å². The second-order valence-electron chi connectivity index (χ2n) is 2.84. The van der Waals surface area contributed by atoms with E-state index in [1.807, 2.05) is 0 Å². The maximum Gasteiger partial charge on any atom is 0.340 e. The van der Waals surface area contributed by atoms with Gasteiger partial charge in [0.2, 0.25) is 0 Å². The van der Waals surface area contributed by atoms with Crippen LogP contribution in [0.1, 0.15) is 18.2 Å². The predicted molar refractivity (Wildman–Crippen MR) is 43.2 cm³/mol. The molecule has 0 fully saturated rings. The molecule has 0 aliphatic heterocycles. The molecular weight excluding hydrogens is 174 g/mol. The Morgan fingerprint density at radius 3 is 2.69 bits per heavy atom. The first-order valence-electron chi connectivity index (χ1n) is 3.72. The zero-order chi connectivity index (χ0) is 10.1.